The number of aromatic nitrogens is 4. The fourth-order valence-electron chi connectivity index (χ4n) is 3.54. The summed E-state index contributed by atoms with van der Waals surface area (Å²) in [7, 11) is 0. The maximum Gasteiger partial charge on any atom is 0.203 e. The topological polar surface area (TPSA) is 58.4 Å². The van der Waals surface area contributed by atoms with Gasteiger partial charge in [0.1, 0.15) is 5.82 Å². The van der Waals surface area contributed by atoms with Crippen LogP contribution in [0.1, 0.15) is 51.3 Å². The molecule has 1 N–H and O–H groups in total. The van der Waals surface area contributed by atoms with Crippen molar-refractivity contribution >= 4 is 11.5 Å². The average molecular weight is 314 g/mol. The predicted molar refractivity (Wildman–Crippen MR) is 90.7 cm³/mol. The molecule has 1 saturated heterocycles. The molecular formula is C17H26N6. The van der Waals surface area contributed by atoms with Gasteiger partial charge in [0, 0.05) is 44.0 Å². The Labute approximate surface area is 137 Å². The van der Waals surface area contributed by atoms with Gasteiger partial charge in [-0.1, -0.05) is 13.8 Å². The van der Waals surface area contributed by atoms with Crippen molar-refractivity contribution in [1.82, 2.24) is 24.5 Å². The molecule has 0 atom stereocenters. The first kappa shape index (κ1) is 14.9. The van der Waals surface area contributed by atoms with Gasteiger partial charge in [0.2, 0.25) is 5.65 Å². The van der Waals surface area contributed by atoms with E-state index in [1.54, 1.807) is 0 Å². The molecule has 0 bridgehead atoms. The summed E-state index contributed by atoms with van der Waals surface area (Å²) in [5, 5.41) is 12.4. The molecule has 0 spiro atoms. The molecular weight excluding hydrogens is 288 g/mol. The van der Waals surface area contributed by atoms with Gasteiger partial charge >= 0.3 is 0 Å². The molecule has 0 aromatic carbocycles. The number of anilines is 1. The number of nitrogens with one attached hydrogen (secondary N) is 1. The quantitative estimate of drug-likeness (QED) is 0.919. The highest BCUT2D eigenvalue weighted by atomic mass is 15.3. The summed E-state index contributed by atoms with van der Waals surface area (Å²) in [5.41, 5.74) is 0.874. The highest BCUT2D eigenvalue weighted by molar-refractivity contribution is 5.62. The summed E-state index contributed by atoms with van der Waals surface area (Å²) >= 11 is 0. The maximum absolute atomic E-state index is 4.51. The Morgan fingerprint density at radius 1 is 1.17 bits per heavy atom. The number of hydrogen-bond donors (Lipinski definition) is 1. The van der Waals surface area contributed by atoms with Crippen molar-refractivity contribution in [2.24, 2.45) is 5.92 Å². The molecule has 23 heavy (non-hydrogen) atoms. The Balaban J connectivity index is 1.44. The Morgan fingerprint density at radius 2 is 1.96 bits per heavy atom. The smallest absolute Gasteiger partial charge is 0.203 e. The molecule has 1 aliphatic carbocycles. The van der Waals surface area contributed by atoms with Crippen LogP contribution in [0.4, 0.5) is 5.82 Å². The van der Waals surface area contributed by atoms with Crippen molar-refractivity contribution in [2.75, 3.05) is 25.0 Å². The predicted octanol–water partition coefficient (Wildman–Crippen LogP) is 2.53. The second kappa shape index (κ2) is 6.07. The first-order chi connectivity index (χ1) is 11.2. The number of likely N-dealkylation sites (tertiary alicyclic amines) is 1. The van der Waals surface area contributed by atoms with Gasteiger partial charge in [-0.2, -0.15) is 0 Å². The minimum atomic E-state index is 0.484. The van der Waals surface area contributed by atoms with Crippen LogP contribution in [0.25, 0.3) is 5.65 Å². The number of rotatable bonds is 5. The summed E-state index contributed by atoms with van der Waals surface area (Å²) in [4.78, 5) is 7.08. The fraction of sp³-hybridized carbons (Fsp3) is 0.706. The van der Waals surface area contributed by atoms with E-state index < -0.39 is 0 Å². The van der Waals surface area contributed by atoms with E-state index in [1.807, 2.05) is 12.4 Å². The summed E-state index contributed by atoms with van der Waals surface area (Å²) in [6.07, 6.45) is 8.65. The van der Waals surface area contributed by atoms with Crippen molar-refractivity contribution in [3.63, 3.8) is 0 Å². The normalized spacial score (nSPS) is 20.5. The lowest BCUT2D eigenvalue weighted by molar-refractivity contribution is 0.198. The van der Waals surface area contributed by atoms with Crippen molar-refractivity contribution < 1.29 is 0 Å². The van der Waals surface area contributed by atoms with E-state index in [4.69, 9.17) is 0 Å². The summed E-state index contributed by atoms with van der Waals surface area (Å²) < 4.78 is 2.11. The van der Waals surface area contributed by atoms with Gasteiger partial charge in [0.25, 0.3) is 0 Å². The van der Waals surface area contributed by atoms with Gasteiger partial charge < -0.3 is 10.2 Å². The van der Waals surface area contributed by atoms with E-state index in [-0.39, 0.29) is 0 Å². The molecule has 3 heterocycles. The van der Waals surface area contributed by atoms with E-state index >= 15 is 0 Å². The van der Waals surface area contributed by atoms with Crippen LogP contribution >= 0.6 is 0 Å². The minimum absolute atomic E-state index is 0.484. The molecule has 1 aliphatic heterocycles. The number of hydrogen-bond acceptors (Lipinski definition) is 5. The molecule has 0 unspecified atom stereocenters. The van der Waals surface area contributed by atoms with Crippen LogP contribution in [0, 0.1) is 5.92 Å². The molecule has 2 aromatic rings. The Bertz CT molecular complexity index is 667. The zero-order chi connectivity index (χ0) is 15.8. The van der Waals surface area contributed by atoms with Gasteiger partial charge in [0.05, 0.1) is 0 Å². The van der Waals surface area contributed by atoms with E-state index in [2.05, 4.69) is 43.6 Å². The van der Waals surface area contributed by atoms with Crippen LogP contribution in [0.3, 0.4) is 0 Å². The Hall–Kier alpha value is -1.69. The Morgan fingerprint density at radius 3 is 2.65 bits per heavy atom. The van der Waals surface area contributed by atoms with Crippen molar-refractivity contribution in [3.8, 4) is 0 Å². The van der Waals surface area contributed by atoms with Gasteiger partial charge in [-0.05, 0) is 31.6 Å². The highest BCUT2D eigenvalue weighted by Crippen LogP contribution is 2.39. The number of fused-ring (bicyclic) bond motifs is 1. The van der Waals surface area contributed by atoms with E-state index in [0.29, 0.717) is 12.0 Å². The van der Waals surface area contributed by atoms with E-state index in [0.717, 1.165) is 23.2 Å². The zero-order valence-electron chi connectivity index (χ0n) is 14.1. The summed E-state index contributed by atoms with van der Waals surface area (Å²) in [5.74, 6) is 3.32. The largest absolute Gasteiger partial charge is 0.364 e. The standard InChI is InChI=1S/C17H26N6/c1-12(2)11-22-8-5-14(6-9-22)19-15-17-21-20-16(13-3-4-13)23(17)10-7-18-15/h7,10,12-14H,3-6,8-9,11H2,1-2H3,(H,18,19). The molecule has 6 heteroatoms. The maximum atomic E-state index is 4.51. The Kier molecular flexibility index (Phi) is 3.93. The van der Waals surface area contributed by atoms with Crippen molar-refractivity contribution in [1.29, 1.82) is 0 Å². The summed E-state index contributed by atoms with van der Waals surface area (Å²) in [6.45, 7) is 8.11. The lowest BCUT2D eigenvalue weighted by Crippen LogP contribution is -2.40. The molecule has 1 saturated carbocycles. The zero-order valence-corrected chi connectivity index (χ0v) is 14.1. The van der Waals surface area contributed by atoms with Crippen molar-refractivity contribution in [3.05, 3.63) is 18.2 Å². The van der Waals surface area contributed by atoms with E-state index in [9.17, 15) is 0 Å². The molecule has 0 radical (unpaired) electrons. The molecule has 0 amide bonds. The molecule has 2 fully saturated rings. The molecule has 124 valence electrons. The number of nitrogens with zero attached hydrogens (tertiary/aromatic N) is 5. The second-order valence-electron chi connectivity index (χ2n) is 7.41. The van der Waals surface area contributed by atoms with Gasteiger partial charge in [-0.15, -0.1) is 10.2 Å². The molecule has 2 aliphatic rings. The van der Waals surface area contributed by atoms with Crippen LogP contribution in [-0.4, -0.2) is 50.2 Å². The third-order valence-electron chi connectivity index (χ3n) is 4.85. The molecule has 4 rings (SSSR count). The van der Waals surface area contributed by atoms with E-state index in [1.165, 1.54) is 45.3 Å². The van der Waals surface area contributed by atoms with Crippen LogP contribution in [0.15, 0.2) is 12.4 Å². The second-order valence-corrected chi connectivity index (χ2v) is 7.41. The van der Waals surface area contributed by atoms with Gasteiger partial charge in [0.15, 0.2) is 5.82 Å². The first-order valence-corrected chi connectivity index (χ1v) is 8.89. The molecule has 6 nitrogen and oxygen atoms in total. The van der Waals surface area contributed by atoms with Gasteiger partial charge in [-0.25, -0.2) is 4.98 Å². The van der Waals surface area contributed by atoms with Crippen LogP contribution in [0.5, 0.6) is 0 Å². The third-order valence-corrected chi connectivity index (χ3v) is 4.85. The first-order valence-electron chi connectivity index (χ1n) is 8.89. The average Bonchev–Trinajstić information content (AvgIpc) is 3.28. The monoisotopic (exact) mass is 314 g/mol. The lowest BCUT2D eigenvalue weighted by atomic mass is 10.0. The van der Waals surface area contributed by atoms with Crippen LogP contribution in [-0.2, 0) is 0 Å². The van der Waals surface area contributed by atoms with Crippen molar-refractivity contribution in [2.45, 2.75) is 51.5 Å². The SMILES string of the molecule is CC(C)CN1CCC(Nc2nccn3c(C4CC4)nnc23)CC1. The summed E-state index contributed by atoms with van der Waals surface area (Å²) in [6, 6.07) is 0.484. The number of piperidine rings is 1. The minimum Gasteiger partial charge on any atom is -0.364 e. The fourth-order valence-corrected chi connectivity index (χ4v) is 3.54. The van der Waals surface area contributed by atoms with Crippen LogP contribution < -0.4 is 5.32 Å². The third kappa shape index (κ3) is 3.17. The van der Waals surface area contributed by atoms with Gasteiger partial charge in [-0.3, -0.25) is 4.40 Å². The van der Waals surface area contributed by atoms with Crippen LogP contribution in [0.2, 0.25) is 0 Å². The highest BCUT2D eigenvalue weighted by Gasteiger charge is 2.29. The molecule has 2 aromatic heterocycles. The lowest BCUT2D eigenvalue weighted by Gasteiger charge is -2.33.